The molecule has 0 saturated heterocycles. The van der Waals surface area contributed by atoms with Gasteiger partial charge in [0.05, 0.1) is 12.1 Å². The van der Waals surface area contributed by atoms with Crippen LogP contribution in [0.15, 0.2) is 46.9 Å². The molecule has 0 atom stereocenters. The number of rotatable bonds is 4. The first kappa shape index (κ1) is 14.5. The number of nitrogens with zero attached hydrogens (tertiary/aromatic N) is 2. The molecule has 0 amide bonds. The highest BCUT2D eigenvalue weighted by molar-refractivity contribution is 9.10. The molecule has 0 N–H and O–H groups in total. The van der Waals surface area contributed by atoms with E-state index in [1.807, 2.05) is 34.9 Å². The summed E-state index contributed by atoms with van der Waals surface area (Å²) in [5.74, 6) is 0.969. The molecule has 0 unspecified atom stereocenters. The second-order valence-corrected chi connectivity index (χ2v) is 5.98. The van der Waals surface area contributed by atoms with Gasteiger partial charge in [0, 0.05) is 16.8 Å². The zero-order valence-electron chi connectivity index (χ0n) is 11.2. The molecule has 2 aromatic carbocycles. The van der Waals surface area contributed by atoms with Gasteiger partial charge >= 0.3 is 0 Å². The molecular weight excluding hydrogens is 355 g/mol. The minimum atomic E-state index is -0.297. The standard InChI is InChI=1S/C16H13BrClFN2/c17-12-5-2-1-4-11(12)10-21-14-7-3-6-13(19)16(14)20-15(21)8-9-18/h1-7H,8-10H2. The maximum Gasteiger partial charge on any atom is 0.151 e. The van der Waals surface area contributed by atoms with Gasteiger partial charge < -0.3 is 4.57 Å². The highest BCUT2D eigenvalue weighted by atomic mass is 79.9. The van der Waals surface area contributed by atoms with Crippen LogP contribution in [0.5, 0.6) is 0 Å². The van der Waals surface area contributed by atoms with Gasteiger partial charge in [-0.15, -0.1) is 11.6 Å². The number of alkyl halides is 1. The largest absolute Gasteiger partial charge is 0.323 e. The molecule has 2 nitrogen and oxygen atoms in total. The monoisotopic (exact) mass is 366 g/mol. The Bertz CT molecular complexity index is 785. The third kappa shape index (κ3) is 2.83. The van der Waals surface area contributed by atoms with E-state index >= 15 is 0 Å². The molecule has 5 heteroatoms. The lowest BCUT2D eigenvalue weighted by Gasteiger charge is -2.10. The summed E-state index contributed by atoms with van der Waals surface area (Å²) in [4.78, 5) is 4.42. The van der Waals surface area contributed by atoms with E-state index in [0.717, 1.165) is 21.4 Å². The molecule has 0 fully saturated rings. The highest BCUT2D eigenvalue weighted by Crippen LogP contribution is 2.24. The predicted octanol–water partition coefficient (Wildman–Crippen LogP) is 4.77. The molecule has 0 bridgehead atoms. The molecule has 21 heavy (non-hydrogen) atoms. The van der Waals surface area contributed by atoms with Crippen molar-refractivity contribution in [2.24, 2.45) is 0 Å². The van der Waals surface area contributed by atoms with E-state index < -0.39 is 0 Å². The summed E-state index contributed by atoms with van der Waals surface area (Å²) in [7, 11) is 0. The smallest absolute Gasteiger partial charge is 0.151 e. The molecule has 0 saturated carbocycles. The zero-order chi connectivity index (χ0) is 14.8. The molecule has 108 valence electrons. The molecule has 3 aromatic rings. The highest BCUT2D eigenvalue weighted by Gasteiger charge is 2.14. The van der Waals surface area contributed by atoms with Crippen molar-refractivity contribution in [3.8, 4) is 0 Å². The summed E-state index contributed by atoms with van der Waals surface area (Å²) in [6.45, 7) is 0.633. The number of aryl methyl sites for hydroxylation is 1. The van der Waals surface area contributed by atoms with Gasteiger partial charge in [0.25, 0.3) is 0 Å². The van der Waals surface area contributed by atoms with Crippen LogP contribution in [0.2, 0.25) is 0 Å². The predicted molar refractivity (Wildman–Crippen MR) is 87.4 cm³/mol. The second-order valence-electron chi connectivity index (χ2n) is 4.75. The second kappa shape index (κ2) is 6.16. The van der Waals surface area contributed by atoms with E-state index in [0.29, 0.717) is 24.4 Å². The Morgan fingerprint density at radius 2 is 1.95 bits per heavy atom. The SMILES string of the molecule is Fc1cccc2c1nc(CCCl)n2Cc1ccccc1Br. The van der Waals surface area contributed by atoms with Crippen LogP contribution in [0.3, 0.4) is 0 Å². The average molecular weight is 368 g/mol. The molecule has 1 heterocycles. The number of benzene rings is 2. The van der Waals surface area contributed by atoms with Crippen LogP contribution in [-0.4, -0.2) is 15.4 Å². The normalized spacial score (nSPS) is 11.2. The lowest BCUT2D eigenvalue weighted by Crippen LogP contribution is -2.06. The third-order valence-corrected chi connectivity index (χ3v) is 4.38. The van der Waals surface area contributed by atoms with E-state index in [4.69, 9.17) is 11.6 Å². The molecule has 0 aliphatic heterocycles. The van der Waals surface area contributed by atoms with Crippen LogP contribution < -0.4 is 0 Å². The summed E-state index contributed by atoms with van der Waals surface area (Å²) in [6.07, 6.45) is 0.611. The molecule has 3 rings (SSSR count). The van der Waals surface area contributed by atoms with Crippen LogP contribution in [0, 0.1) is 5.82 Å². The van der Waals surface area contributed by atoms with Crippen LogP contribution >= 0.6 is 27.5 Å². The molecule has 0 spiro atoms. The summed E-state index contributed by atoms with van der Waals surface area (Å²) in [5, 5.41) is 0. The molecule has 0 radical (unpaired) electrons. The van der Waals surface area contributed by atoms with Crippen molar-refractivity contribution in [2.45, 2.75) is 13.0 Å². The van der Waals surface area contributed by atoms with Crippen molar-refractivity contribution in [3.63, 3.8) is 0 Å². The Morgan fingerprint density at radius 1 is 1.14 bits per heavy atom. The number of hydrogen-bond acceptors (Lipinski definition) is 1. The van der Waals surface area contributed by atoms with E-state index in [2.05, 4.69) is 20.9 Å². The van der Waals surface area contributed by atoms with Crippen LogP contribution in [-0.2, 0) is 13.0 Å². The topological polar surface area (TPSA) is 17.8 Å². The van der Waals surface area contributed by atoms with Gasteiger partial charge in [0.2, 0.25) is 0 Å². The van der Waals surface area contributed by atoms with Gasteiger partial charge in [-0.3, -0.25) is 0 Å². The van der Waals surface area contributed by atoms with Crippen molar-refractivity contribution in [2.75, 3.05) is 5.88 Å². The summed E-state index contributed by atoms with van der Waals surface area (Å²) in [6, 6.07) is 13.0. The Kier molecular flexibility index (Phi) is 4.27. The number of hydrogen-bond donors (Lipinski definition) is 0. The summed E-state index contributed by atoms with van der Waals surface area (Å²) < 4.78 is 17.0. The van der Waals surface area contributed by atoms with Crippen molar-refractivity contribution in [1.82, 2.24) is 9.55 Å². The van der Waals surface area contributed by atoms with Gasteiger partial charge in [-0.05, 0) is 23.8 Å². The Hall–Kier alpha value is -1.39. The Morgan fingerprint density at radius 3 is 2.71 bits per heavy atom. The molecular formula is C16H13BrClFN2. The quantitative estimate of drug-likeness (QED) is 0.608. The number of fused-ring (bicyclic) bond motifs is 1. The first-order valence-electron chi connectivity index (χ1n) is 6.63. The van der Waals surface area contributed by atoms with Gasteiger partial charge in [-0.1, -0.05) is 40.2 Å². The fraction of sp³-hybridized carbons (Fsp3) is 0.188. The van der Waals surface area contributed by atoms with Crippen molar-refractivity contribution in [3.05, 3.63) is 64.1 Å². The van der Waals surface area contributed by atoms with Crippen molar-refractivity contribution >= 4 is 38.6 Å². The lowest BCUT2D eigenvalue weighted by atomic mass is 10.2. The first-order chi connectivity index (χ1) is 10.2. The van der Waals surface area contributed by atoms with Crippen LogP contribution in [0.1, 0.15) is 11.4 Å². The fourth-order valence-corrected chi connectivity index (χ4v) is 2.99. The average Bonchev–Trinajstić information content (AvgIpc) is 2.82. The van der Waals surface area contributed by atoms with E-state index in [-0.39, 0.29) is 5.82 Å². The minimum absolute atomic E-state index is 0.297. The molecule has 0 aliphatic carbocycles. The maximum atomic E-state index is 13.9. The maximum absolute atomic E-state index is 13.9. The van der Waals surface area contributed by atoms with Gasteiger partial charge in [0.1, 0.15) is 11.3 Å². The lowest BCUT2D eigenvalue weighted by molar-refractivity contribution is 0.637. The Labute approximate surface area is 135 Å². The van der Waals surface area contributed by atoms with Crippen molar-refractivity contribution in [1.29, 1.82) is 0 Å². The van der Waals surface area contributed by atoms with Crippen LogP contribution in [0.25, 0.3) is 11.0 Å². The van der Waals surface area contributed by atoms with E-state index in [1.165, 1.54) is 6.07 Å². The number of aromatic nitrogens is 2. The summed E-state index contributed by atoms with van der Waals surface area (Å²) in [5.41, 5.74) is 2.33. The van der Waals surface area contributed by atoms with Gasteiger partial charge in [-0.2, -0.15) is 0 Å². The van der Waals surface area contributed by atoms with Crippen LogP contribution in [0.4, 0.5) is 4.39 Å². The van der Waals surface area contributed by atoms with E-state index in [9.17, 15) is 4.39 Å². The number of halogens is 3. The fourth-order valence-electron chi connectivity index (χ4n) is 2.41. The van der Waals surface area contributed by atoms with Gasteiger partial charge in [-0.25, -0.2) is 9.37 Å². The number of para-hydroxylation sites is 1. The molecule has 1 aromatic heterocycles. The van der Waals surface area contributed by atoms with Crippen molar-refractivity contribution < 1.29 is 4.39 Å². The number of imidazole rings is 1. The summed E-state index contributed by atoms with van der Waals surface area (Å²) >= 11 is 9.40. The minimum Gasteiger partial charge on any atom is -0.323 e. The third-order valence-electron chi connectivity index (χ3n) is 3.41. The zero-order valence-corrected chi connectivity index (χ0v) is 13.5. The van der Waals surface area contributed by atoms with E-state index in [1.54, 1.807) is 6.07 Å². The Balaban J connectivity index is 2.13. The molecule has 0 aliphatic rings. The van der Waals surface area contributed by atoms with Gasteiger partial charge in [0.15, 0.2) is 5.82 Å². The first-order valence-corrected chi connectivity index (χ1v) is 7.96.